The first kappa shape index (κ1) is 22.7. The molecule has 180 valence electrons. The van der Waals surface area contributed by atoms with E-state index in [1.165, 1.54) is 0 Å². The van der Waals surface area contributed by atoms with Crippen molar-refractivity contribution in [1.82, 2.24) is 29.4 Å². The molecular weight excluding hydrogens is 458 g/mol. The van der Waals surface area contributed by atoms with Crippen LogP contribution in [-0.4, -0.2) is 80.1 Å². The fourth-order valence-corrected chi connectivity index (χ4v) is 5.51. The number of urea groups is 1. The van der Waals surface area contributed by atoms with Gasteiger partial charge in [0.2, 0.25) is 5.91 Å². The summed E-state index contributed by atoms with van der Waals surface area (Å²) in [5.74, 6) is 0.322. The molecule has 2 fully saturated rings. The zero-order valence-corrected chi connectivity index (χ0v) is 19.8. The highest BCUT2D eigenvalue weighted by molar-refractivity contribution is 6.30. The molecule has 2 aromatic rings. The summed E-state index contributed by atoms with van der Waals surface area (Å²) in [5, 5.41) is 4.34. The summed E-state index contributed by atoms with van der Waals surface area (Å²) < 4.78 is 1.63. The maximum absolute atomic E-state index is 13.7. The Labute approximate surface area is 202 Å². The van der Waals surface area contributed by atoms with Crippen molar-refractivity contribution in [2.45, 2.75) is 32.4 Å². The van der Waals surface area contributed by atoms with Crippen molar-refractivity contribution in [3.8, 4) is 0 Å². The minimum Gasteiger partial charge on any atom is -0.351 e. The summed E-state index contributed by atoms with van der Waals surface area (Å²) in [6.07, 6.45) is 3.14. The number of fused-ring (bicyclic) bond motifs is 1. The molecule has 0 saturated carbocycles. The highest BCUT2D eigenvalue weighted by Gasteiger charge is 2.42. The number of amides is 4. The Morgan fingerprint density at radius 2 is 1.79 bits per heavy atom. The molecule has 0 radical (unpaired) electrons. The van der Waals surface area contributed by atoms with Gasteiger partial charge in [-0.15, -0.1) is 0 Å². The lowest BCUT2D eigenvalue weighted by atomic mass is 9.83. The molecule has 34 heavy (non-hydrogen) atoms. The van der Waals surface area contributed by atoms with Crippen molar-refractivity contribution >= 4 is 29.6 Å². The zero-order chi connectivity index (χ0) is 24.0. The predicted octanol–water partition coefficient (Wildman–Crippen LogP) is 2.22. The maximum atomic E-state index is 13.7. The van der Waals surface area contributed by atoms with Gasteiger partial charge in [-0.05, 0) is 37.5 Å². The zero-order valence-electron chi connectivity index (χ0n) is 19.1. The number of imidazole rings is 1. The molecule has 4 amide bonds. The highest BCUT2D eigenvalue weighted by Crippen LogP contribution is 2.38. The lowest BCUT2D eigenvalue weighted by Crippen LogP contribution is -2.57. The number of piperidine rings is 1. The van der Waals surface area contributed by atoms with Crippen LogP contribution in [0.25, 0.3) is 0 Å². The number of nitrogens with zero attached hydrogens (tertiary/aromatic N) is 6. The first-order chi connectivity index (χ1) is 16.3. The molecule has 2 saturated heterocycles. The van der Waals surface area contributed by atoms with E-state index in [0.29, 0.717) is 56.5 Å². The number of carbonyl (C=O) groups is 3. The number of nitrogens with two attached hydrogens (primary N) is 1. The van der Waals surface area contributed by atoms with E-state index >= 15 is 0 Å². The number of rotatable bonds is 3. The van der Waals surface area contributed by atoms with Crippen molar-refractivity contribution in [2.24, 2.45) is 11.7 Å². The minimum atomic E-state index is -0.525. The van der Waals surface area contributed by atoms with Crippen LogP contribution in [0.15, 0.2) is 30.5 Å². The Kier molecular flexibility index (Phi) is 5.95. The monoisotopic (exact) mass is 485 g/mol. The third kappa shape index (κ3) is 3.90. The second-order valence-electron chi connectivity index (χ2n) is 9.03. The van der Waals surface area contributed by atoms with Crippen LogP contribution >= 0.6 is 11.6 Å². The molecule has 3 aliphatic heterocycles. The molecule has 2 unspecified atom stereocenters. The van der Waals surface area contributed by atoms with Crippen LogP contribution in [0.4, 0.5) is 9.59 Å². The van der Waals surface area contributed by atoms with Crippen molar-refractivity contribution in [2.75, 3.05) is 32.7 Å². The van der Waals surface area contributed by atoms with Gasteiger partial charge in [-0.3, -0.25) is 9.80 Å². The van der Waals surface area contributed by atoms with Crippen LogP contribution in [0.3, 0.4) is 0 Å². The van der Waals surface area contributed by atoms with E-state index in [9.17, 15) is 14.4 Å². The summed E-state index contributed by atoms with van der Waals surface area (Å²) in [7, 11) is 0. The molecule has 4 heterocycles. The van der Waals surface area contributed by atoms with Gasteiger partial charge < -0.3 is 15.5 Å². The van der Waals surface area contributed by atoms with Crippen LogP contribution < -0.4 is 5.73 Å². The molecule has 5 rings (SSSR count). The Morgan fingerprint density at radius 3 is 2.44 bits per heavy atom. The Morgan fingerprint density at radius 1 is 1.09 bits per heavy atom. The van der Waals surface area contributed by atoms with Gasteiger partial charge in [0.1, 0.15) is 5.82 Å². The molecule has 0 aliphatic carbocycles. The lowest BCUT2D eigenvalue weighted by molar-refractivity contribution is -0.143. The Bertz CT molecular complexity index is 1110. The summed E-state index contributed by atoms with van der Waals surface area (Å²) in [5.41, 5.74) is 7.42. The number of likely N-dealkylation sites (tertiary alicyclic amines) is 1. The number of hydrogen-bond donors (Lipinski definition) is 1. The van der Waals surface area contributed by atoms with Crippen molar-refractivity contribution in [1.29, 1.82) is 0 Å². The normalized spacial score (nSPS) is 23.4. The van der Waals surface area contributed by atoms with Gasteiger partial charge in [-0.25, -0.2) is 24.1 Å². The lowest BCUT2D eigenvalue weighted by Gasteiger charge is -2.44. The molecule has 2 N–H and O–H groups in total. The number of aromatic nitrogens is 2. The van der Waals surface area contributed by atoms with E-state index in [-0.39, 0.29) is 17.9 Å². The third-order valence-electron chi connectivity index (χ3n) is 7.09. The molecule has 11 heteroatoms. The molecule has 10 nitrogen and oxygen atoms in total. The van der Waals surface area contributed by atoms with Gasteiger partial charge in [0.05, 0.1) is 30.4 Å². The van der Waals surface area contributed by atoms with Crippen LogP contribution in [0.2, 0.25) is 5.02 Å². The van der Waals surface area contributed by atoms with E-state index < -0.39 is 12.1 Å². The molecule has 0 spiro atoms. The SMILES string of the molecule is Cc1ncc2n1C(=O)N(N1CCN(C(=O)C3CCCN(C(N)=O)C3c3ccc(Cl)cc3)CC1)C2. The number of hydrogen-bond acceptors (Lipinski definition) is 5. The number of benzene rings is 1. The number of halogens is 1. The van der Waals surface area contributed by atoms with E-state index in [0.717, 1.165) is 17.7 Å². The molecule has 1 aromatic heterocycles. The average Bonchev–Trinajstić information content (AvgIpc) is 3.38. The summed E-state index contributed by atoms with van der Waals surface area (Å²) in [6.45, 7) is 4.97. The minimum absolute atomic E-state index is 0.0182. The number of hydrazine groups is 1. The Balaban J connectivity index is 1.29. The smallest absolute Gasteiger partial charge is 0.344 e. The second-order valence-corrected chi connectivity index (χ2v) is 9.46. The number of aryl methyl sites for hydroxylation is 1. The highest BCUT2D eigenvalue weighted by atomic mass is 35.5. The van der Waals surface area contributed by atoms with Crippen molar-refractivity contribution in [3.05, 3.63) is 52.6 Å². The van der Waals surface area contributed by atoms with Gasteiger partial charge >= 0.3 is 12.1 Å². The standard InChI is InChI=1S/C23H28ClN7O3/c1-15-26-13-18-14-30(23(34)31(15)18)28-11-9-27(10-12-28)21(32)19-3-2-8-29(22(25)33)20(19)16-4-6-17(24)7-5-16/h4-7,13,19-20H,2-3,8-12,14H2,1H3,(H2,25,33). The second kappa shape index (κ2) is 8.92. The summed E-state index contributed by atoms with van der Waals surface area (Å²) >= 11 is 6.06. The van der Waals surface area contributed by atoms with E-state index in [2.05, 4.69) is 4.98 Å². The summed E-state index contributed by atoms with van der Waals surface area (Å²) in [6, 6.07) is 6.21. The van der Waals surface area contributed by atoms with E-state index in [1.54, 1.807) is 32.8 Å². The number of primary amides is 1. The predicted molar refractivity (Wildman–Crippen MR) is 125 cm³/mol. The van der Waals surface area contributed by atoms with Crippen LogP contribution in [0.1, 0.15) is 36.0 Å². The van der Waals surface area contributed by atoms with Crippen molar-refractivity contribution in [3.63, 3.8) is 0 Å². The average molecular weight is 486 g/mol. The van der Waals surface area contributed by atoms with Crippen LogP contribution in [0, 0.1) is 12.8 Å². The molecular formula is C23H28ClN7O3. The van der Waals surface area contributed by atoms with Crippen LogP contribution in [-0.2, 0) is 11.3 Å². The van der Waals surface area contributed by atoms with Gasteiger partial charge in [-0.1, -0.05) is 23.7 Å². The van der Waals surface area contributed by atoms with Gasteiger partial charge in [0.15, 0.2) is 0 Å². The molecule has 1 aromatic carbocycles. The molecule has 2 atom stereocenters. The quantitative estimate of drug-likeness (QED) is 0.717. The Hall–Kier alpha value is -3.11. The van der Waals surface area contributed by atoms with E-state index in [1.807, 2.05) is 29.0 Å². The van der Waals surface area contributed by atoms with Gasteiger partial charge in [0.25, 0.3) is 0 Å². The number of piperazine rings is 1. The fraction of sp³-hybridized carbons (Fsp3) is 0.478. The molecule has 3 aliphatic rings. The third-order valence-corrected chi connectivity index (χ3v) is 7.34. The topological polar surface area (TPSA) is 108 Å². The van der Waals surface area contributed by atoms with E-state index in [4.69, 9.17) is 17.3 Å². The number of carbonyl (C=O) groups excluding carboxylic acids is 3. The largest absolute Gasteiger partial charge is 0.351 e. The van der Waals surface area contributed by atoms with Crippen molar-refractivity contribution < 1.29 is 14.4 Å². The molecule has 0 bridgehead atoms. The summed E-state index contributed by atoms with van der Waals surface area (Å²) in [4.78, 5) is 46.4. The maximum Gasteiger partial charge on any atom is 0.344 e. The fourth-order valence-electron chi connectivity index (χ4n) is 5.39. The van der Waals surface area contributed by atoms with Crippen LogP contribution in [0.5, 0.6) is 0 Å². The van der Waals surface area contributed by atoms with Gasteiger partial charge in [0, 0.05) is 37.7 Å². The first-order valence-electron chi connectivity index (χ1n) is 11.6. The van der Waals surface area contributed by atoms with Gasteiger partial charge in [-0.2, -0.15) is 0 Å². The first-order valence-corrected chi connectivity index (χ1v) is 11.9.